The largest absolute Gasteiger partial charge is 0.334 e. The Morgan fingerprint density at radius 1 is 0.829 bits per heavy atom. The van der Waals surface area contributed by atoms with Gasteiger partial charge in [0.25, 0.3) is 15.9 Å². The second-order valence-electron chi connectivity index (χ2n) is 9.46. The van der Waals surface area contributed by atoms with Crippen molar-refractivity contribution in [2.45, 2.75) is 56.1 Å². The number of aryl methyl sites for hydroxylation is 1. The van der Waals surface area contributed by atoms with Crippen LogP contribution in [0.3, 0.4) is 0 Å². The molecule has 1 aliphatic heterocycles. The number of nitrogens with zero attached hydrogens (tertiary/aromatic N) is 2. The Balaban J connectivity index is 1.71. The molecule has 1 amide bonds. The SMILES string of the molecule is Cc1ccc(S(=O)(=O)N2C(=O)C(C3CCCCC3)N(c3ccccc3)C2c2ccc(Cl)cc2)cc1. The van der Waals surface area contributed by atoms with Crippen molar-refractivity contribution in [3.63, 3.8) is 0 Å². The number of anilines is 1. The van der Waals surface area contributed by atoms with Crippen LogP contribution in [0.4, 0.5) is 5.69 Å². The van der Waals surface area contributed by atoms with Crippen molar-refractivity contribution in [1.29, 1.82) is 0 Å². The Kier molecular flexibility index (Phi) is 6.60. The lowest BCUT2D eigenvalue weighted by molar-refractivity contribution is -0.126. The van der Waals surface area contributed by atoms with Gasteiger partial charge in [-0.1, -0.05) is 78.9 Å². The lowest BCUT2D eigenvalue weighted by atomic mass is 9.83. The number of carbonyl (C=O) groups is 1. The molecule has 0 aromatic heterocycles. The standard InChI is InChI=1S/C28H29ClN2O3S/c1-20-12-18-25(19-13-20)35(33,34)31-27(22-14-16-23(29)17-15-22)30(24-10-6-3-7-11-24)26(28(31)32)21-8-4-2-5-9-21/h3,6-7,10-19,21,26-27H,2,4-5,8-9H2,1H3. The second kappa shape index (κ2) is 9.67. The molecule has 0 radical (unpaired) electrons. The molecule has 0 N–H and O–H groups in total. The van der Waals surface area contributed by atoms with Crippen LogP contribution in [-0.4, -0.2) is 24.7 Å². The van der Waals surface area contributed by atoms with E-state index in [0.717, 1.165) is 47.7 Å². The number of hydrogen-bond acceptors (Lipinski definition) is 4. The number of carbonyl (C=O) groups excluding carboxylic acids is 1. The van der Waals surface area contributed by atoms with E-state index >= 15 is 0 Å². The van der Waals surface area contributed by atoms with Crippen LogP contribution >= 0.6 is 11.6 Å². The predicted octanol–water partition coefficient (Wildman–Crippen LogP) is 6.33. The van der Waals surface area contributed by atoms with Gasteiger partial charge in [0.15, 0.2) is 0 Å². The molecule has 5 rings (SSSR count). The van der Waals surface area contributed by atoms with Gasteiger partial charge in [-0.2, -0.15) is 0 Å². The highest BCUT2D eigenvalue weighted by Crippen LogP contribution is 2.46. The highest BCUT2D eigenvalue weighted by molar-refractivity contribution is 7.89. The highest BCUT2D eigenvalue weighted by atomic mass is 35.5. The summed E-state index contributed by atoms with van der Waals surface area (Å²) in [5.74, 6) is -0.272. The van der Waals surface area contributed by atoms with Crippen molar-refractivity contribution in [2.24, 2.45) is 5.92 Å². The van der Waals surface area contributed by atoms with Crippen molar-refractivity contribution in [2.75, 3.05) is 4.90 Å². The Labute approximate surface area is 212 Å². The van der Waals surface area contributed by atoms with Crippen molar-refractivity contribution < 1.29 is 13.2 Å². The number of sulfonamides is 1. The van der Waals surface area contributed by atoms with Gasteiger partial charge in [-0.05, 0) is 67.6 Å². The van der Waals surface area contributed by atoms with Crippen LogP contribution in [0.25, 0.3) is 0 Å². The first-order chi connectivity index (χ1) is 16.9. The summed E-state index contributed by atoms with van der Waals surface area (Å²) in [6, 6.07) is 22.9. The zero-order valence-electron chi connectivity index (χ0n) is 19.7. The Hall–Kier alpha value is -2.83. The molecule has 182 valence electrons. The van der Waals surface area contributed by atoms with E-state index in [9.17, 15) is 13.2 Å². The number of para-hydroxylation sites is 1. The topological polar surface area (TPSA) is 57.7 Å². The zero-order chi connectivity index (χ0) is 24.6. The van der Waals surface area contributed by atoms with Gasteiger partial charge in [-0.3, -0.25) is 4.79 Å². The van der Waals surface area contributed by atoms with Gasteiger partial charge in [0.2, 0.25) is 0 Å². The zero-order valence-corrected chi connectivity index (χ0v) is 21.3. The molecule has 5 nitrogen and oxygen atoms in total. The monoisotopic (exact) mass is 508 g/mol. The molecule has 1 heterocycles. The molecule has 2 fully saturated rings. The van der Waals surface area contributed by atoms with Crippen LogP contribution in [0, 0.1) is 12.8 Å². The maximum Gasteiger partial charge on any atom is 0.268 e. The third-order valence-corrected chi connectivity index (χ3v) is 9.17. The summed E-state index contributed by atoms with van der Waals surface area (Å²) in [5.41, 5.74) is 2.50. The van der Waals surface area contributed by atoms with E-state index in [1.807, 2.05) is 54.3 Å². The molecule has 2 unspecified atom stereocenters. The first kappa shape index (κ1) is 23.9. The number of amides is 1. The fraction of sp³-hybridized carbons (Fsp3) is 0.321. The molecule has 2 atom stereocenters. The molecule has 7 heteroatoms. The van der Waals surface area contributed by atoms with Crippen LogP contribution < -0.4 is 4.90 Å². The van der Waals surface area contributed by atoms with Gasteiger partial charge in [-0.15, -0.1) is 0 Å². The van der Waals surface area contributed by atoms with Gasteiger partial charge < -0.3 is 4.90 Å². The molecule has 2 aliphatic rings. The summed E-state index contributed by atoms with van der Waals surface area (Å²) in [4.78, 5) is 16.3. The fourth-order valence-corrected chi connectivity index (χ4v) is 7.08. The maximum absolute atomic E-state index is 14.2. The molecule has 35 heavy (non-hydrogen) atoms. The summed E-state index contributed by atoms with van der Waals surface area (Å²) in [7, 11) is -4.12. The van der Waals surface area contributed by atoms with Crippen molar-refractivity contribution in [3.05, 3.63) is 95.0 Å². The quantitative estimate of drug-likeness (QED) is 0.404. The maximum atomic E-state index is 14.2. The third kappa shape index (κ3) is 4.45. The van der Waals surface area contributed by atoms with Crippen molar-refractivity contribution in [1.82, 2.24) is 4.31 Å². The van der Waals surface area contributed by atoms with Gasteiger partial charge in [0, 0.05) is 10.7 Å². The van der Waals surface area contributed by atoms with E-state index in [2.05, 4.69) is 0 Å². The predicted molar refractivity (Wildman–Crippen MR) is 139 cm³/mol. The van der Waals surface area contributed by atoms with Crippen LogP contribution in [0.5, 0.6) is 0 Å². The molecule has 1 saturated heterocycles. The van der Waals surface area contributed by atoms with Crippen LogP contribution in [-0.2, 0) is 14.8 Å². The number of rotatable bonds is 5. The molecule has 1 saturated carbocycles. The Morgan fingerprint density at radius 3 is 2.09 bits per heavy atom. The summed E-state index contributed by atoms with van der Waals surface area (Å²) in [5, 5.41) is 0.557. The van der Waals surface area contributed by atoms with Crippen LogP contribution in [0.2, 0.25) is 5.02 Å². The van der Waals surface area contributed by atoms with E-state index in [0.29, 0.717) is 10.6 Å². The normalized spacial score (nSPS) is 21.5. The van der Waals surface area contributed by atoms with E-state index in [1.165, 1.54) is 0 Å². The molecular weight excluding hydrogens is 480 g/mol. The third-order valence-electron chi connectivity index (χ3n) is 7.15. The average Bonchev–Trinajstić information content (AvgIpc) is 3.19. The van der Waals surface area contributed by atoms with E-state index in [4.69, 9.17) is 11.6 Å². The van der Waals surface area contributed by atoms with Crippen molar-refractivity contribution in [3.8, 4) is 0 Å². The lowest BCUT2D eigenvalue weighted by Crippen LogP contribution is -2.41. The van der Waals surface area contributed by atoms with Crippen LogP contribution in [0.15, 0.2) is 83.8 Å². The van der Waals surface area contributed by atoms with Crippen LogP contribution in [0.1, 0.15) is 49.4 Å². The average molecular weight is 509 g/mol. The van der Waals surface area contributed by atoms with E-state index < -0.39 is 22.2 Å². The Morgan fingerprint density at radius 2 is 1.46 bits per heavy atom. The Bertz CT molecular complexity index is 1290. The van der Waals surface area contributed by atoms with Gasteiger partial charge in [0.05, 0.1) is 4.90 Å². The summed E-state index contributed by atoms with van der Waals surface area (Å²) in [6.45, 7) is 1.91. The molecule has 0 bridgehead atoms. The lowest BCUT2D eigenvalue weighted by Gasteiger charge is -2.36. The number of hydrogen-bond donors (Lipinski definition) is 0. The highest BCUT2D eigenvalue weighted by Gasteiger charge is 2.54. The van der Waals surface area contributed by atoms with Gasteiger partial charge in [-0.25, -0.2) is 12.7 Å². The fourth-order valence-electron chi connectivity index (χ4n) is 5.42. The number of benzene rings is 3. The van der Waals surface area contributed by atoms with Gasteiger partial charge >= 0.3 is 0 Å². The number of halogens is 1. The smallest absolute Gasteiger partial charge is 0.268 e. The van der Waals surface area contributed by atoms with Crippen molar-refractivity contribution >= 4 is 33.2 Å². The minimum absolute atomic E-state index is 0.0875. The summed E-state index contributed by atoms with van der Waals surface area (Å²) in [6.07, 6.45) is 4.26. The molecule has 3 aromatic rings. The molecular formula is C28H29ClN2O3S. The van der Waals surface area contributed by atoms with E-state index in [1.54, 1.807) is 36.4 Å². The summed E-state index contributed by atoms with van der Waals surface area (Å²) < 4.78 is 29.2. The first-order valence-corrected chi connectivity index (χ1v) is 13.9. The summed E-state index contributed by atoms with van der Waals surface area (Å²) >= 11 is 6.18. The molecule has 0 spiro atoms. The first-order valence-electron chi connectivity index (χ1n) is 12.1. The minimum atomic E-state index is -4.12. The van der Waals surface area contributed by atoms with Gasteiger partial charge in [0.1, 0.15) is 12.2 Å². The minimum Gasteiger partial charge on any atom is -0.334 e. The molecule has 3 aromatic carbocycles. The molecule has 1 aliphatic carbocycles. The van der Waals surface area contributed by atoms with E-state index in [-0.39, 0.29) is 16.7 Å². The second-order valence-corrected chi connectivity index (χ2v) is 11.7.